The fourth-order valence-electron chi connectivity index (χ4n) is 5.29. The van der Waals surface area contributed by atoms with Crippen LogP contribution in [0.2, 0.25) is 0 Å². The van der Waals surface area contributed by atoms with Gasteiger partial charge in [0.1, 0.15) is 11.8 Å². The van der Waals surface area contributed by atoms with Crippen LogP contribution in [0.1, 0.15) is 70.6 Å². The van der Waals surface area contributed by atoms with Crippen molar-refractivity contribution >= 4 is 12.0 Å². The summed E-state index contributed by atoms with van der Waals surface area (Å²) in [6.45, 7) is 26.2. The van der Waals surface area contributed by atoms with Crippen molar-refractivity contribution in [2.75, 3.05) is 13.7 Å². The van der Waals surface area contributed by atoms with Gasteiger partial charge in [0.2, 0.25) is 5.91 Å². The van der Waals surface area contributed by atoms with Crippen LogP contribution in [-0.4, -0.2) is 25.6 Å². The minimum atomic E-state index is -0.466. The predicted molar refractivity (Wildman–Crippen MR) is 190 cm³/mol. The predicted octanol–water partition coefficient (Wildman–Crippen LogP) is 9.25. The standard InChI is InChI=1S/C40H56N2O2/c1-28(2)37(29(3)4)25-31(6)33(8)27-41-40(43)38(26-36-22-23-39(44-10)32(7)24-36)42-34(9)17-15-14-16-30(5)20-21-35-18-12-11-13-19-35/h11-13,15,17-24,29-30,33,37-38,42H,1,6,9,14,16,25-27H2,2-5,7-8,10H3,(H,41,43)/b17-15+,21-20+/t30?,33?,37?,38-/m1/s1. The van der Waals surface area contributed by atoms with Gasteiger partial charge in [0.05, 0.1) is 7.11 Å². The van der Waals surface area contributed by atoms with Crippen LogP contribution in [0, 0.1) is 30.6 Å². The molecule has 0 aliphatic carbocycles. The second-order valence-electron chi connectivity index (χ2n) is 12.7. The number of hydrogen-bond donors (Lipinski definition) is 2. The van der Waals surface area contributed by atoms with Crippen molar-refractivity contribution in [3.05, 3.63) is 120 Å². The monoisotopic (exact) mass is 596 g/mol. The number of nitrogens with one attached hydrogen (secondary N) is 2. The van der Waals surface area contributed by atoms with E-state index >= 15 is 0 Å². The van der Waals surface area contributed by atoms with E-state index in [1.165, 1.54) is 11.1 Å². The zero-order chi connectivity index (χ0) is 32.6. The van der Waals surface area contributed by atoms with Gasteiger partial charge in [0.25, 0.3) is 0 Å². The van der Waals surface area contributed by atoms with Crippen LogP contribution in [0.15, 0.2) is 103 Å². The van der Waals surface area contributed by atoms with E-state index in [1.807, 2.05) is 31.2 Å². The molecule has 0 bridgehead atoms. The second kappa shape index (κ2) is 18.8. The van der Waals surface area contributed by atoms with Crippen LogP contribution in [0.3, 0.4) is 0 Å². The first-order chi connectivity index (χ1) is 20.9. The largest absolute Gasteiger partial charge is 0.496 e. The molecule has 1 amide bonds. The number of methoxy groups -OCH3 is 1. The molecule has 3 unspecified atom stereocenters. The van der Waals surface area contributed by atoms with Crippen molar-refractivity contribution in [3.8, 4) is 5.75 Å². The molecule has 4 nitrogen and oxygen atoms in total. The van der Waals surface area contributed by atoms with Gasteiger partial charge in [-0.15, -0.1) is 0 Å². The highest BCUT2D eigenvalue weighted by molar-refractivity contribution is 5.82. The molecule has 0 saturated heterocycles. The highest BCUT2D eigenvalue weighted by atomic mass is 16.5. The van der Waals surface area contributed by atoms with Crippen molar-refractivity contribution in [2.45, 2.75) is 73.3 Å². The Balaban J connectivity index is 2.01. The molecule has 2 rings (SSSR count). The lowest BCUT2D eigenvalue weighted by Crippen LogP contribution is -2.46. The van der Waals surface area contributed by atoms with Crippen molar-refractivity contribution in [2.24, 2.45) is 23.7 Å². The van der Waals surface area contributed by atoms with Crippen LogP contribution < -0.4 is 15.4 Å². The van der Waals surface area contributed by atoms with Gasteiger partial charge in [-0.1, -0.05) is 119 Å². The SMILES string of the molecule is C=C(/C=C/CCC(C)/C=C/c1ccccc1)N[C@H](Cc1ccc(OC)c(C)c1)C(=O)NCC(C)C(=C)CC(C(=C)C)C(C)C. The number of allylic oxidation sites excluding steroid dienone is 4. The van der Waals surface area contributed by atoms with Crippen molar-refractivity contribution in [3.63, 3.8) is 0 Å². The number of benzene rings is 2. The lowest BCUT2D eigenvalue weighted by molar-refractivity contribution is -0.123. The molecule has 0 aliphatic heterocycles. The van der Waals surface area contributed by atoms with Gasteiger partial charge >= 0.3 is 0 Å². The number of carbonyl (C=O) groups excluding carboxylic acids is 1. The van der Waals surface area contributed by atoms with Crippen LogP contribution in [0.4, 0.5) is 0 Å². The molecule has 2 N–H and O–H groups in total. The van der Waals surface area contributed by atoms with Crippen molar-refractivity contribution in [1.29, 1.82) is 0 Å². The van der Waals surface area contributed by atoms with Crippen LogP contribution >= 0.6 is 0 Å². The van der Waals surface area contributed by atoms with Gasteiger partial charge in [0, 0.05) is 18.7 Å². The van der Waals surface area contributed by atoms with Gasteiger partial charge < -0.3 is 15.4 Å². The highest BCUT2D eigenvalue weighted by Crippen LogP contribution is 2.28. The lowest BCUT2D eigenvalue weighted by Gasteiger charge is -2.26. The Morgan fingerprint density at radius 3 is 2.34 bits per heavy atom. The second-order valence-corrected chi connectivity index (χ2v) is 12.7. The van der Waals surface area contributed by atoms with Crippen LogP contribution in [0.25, 0.3) is 6.08 Å². The molecular formula is C40H56N2O2. The summed E-state index contributed by atoms with van der Waals surface area (Å²) in [6.07, 6.45) is 11.9. The Morgan fingerprint density at radius 2 is 1.73 bits per heavy atom. The maximum Gasteiger partial charge on any atom is 0.242 e. The van der Waals surface area contributed by atoms with Crippen LogP contribution in [0.5, 0.6) is 5.75 Å². The van der Waals surface area contributed by atoms with Gasteiger partial charge in [-0.2, -0.15) is 0 Å². The third-order valence-corrected chi connectivity index (χ3v) is 8.30. The van der Waals surface area contributed by atoms with E-state index < -0.39 is 6.04 Å². The molecule has 0 radical (unpaired) electrons. The molecule has 4 atom stereocenters. The van der Waals surface area contributed by atoms with E-state index in [4.69, 9.17) is 4.74 Å². The number of amides is 1. The number of hydrogen-bond acceptors (Lipinski definition) is 3. The zero-order valence-corrected chi connectivity index (χ0v) is 28.3. The quantitative estimate of drug-likeness (QED) is 0.126. The Labute approximate surface area is 268 Å². The van der Waals surface area contributed by atoms with Gasteiger partial charge in [-0.25, -0.2) is 0 Å². The third-order valence-electron chi connectivity index (χ3n) is 8.30. The van der Waals surface area contributed by atoms with E-state index in [2.05, 4.69) is 114 Å². The smallest absolute Gasteiger partial charge is 0.242 e. The summed E-state index contributed by atoms with van der Waals surface area (Å²) >= 11 is 0. The van der Waals surface area contributed by atoms with E-state index in [1.54, 1.807) is 7.11 Å². The molecule has 0 aliphatic rings. The number of rotatable bonds is 19. The van der Waals surface area contributed by atoms with Gasteiger partial charge in [-0.05, 0) is 85.6 Å². The van der Waals surface area contributed by atoms with E-state index in [0.717, 1.165) is 47.4 Å². The summed E-state index contributed by atoms with van der Waals surface area (Å²) in [4.78, 5) is 13.6. The Morgan fingerprint density at radius 1 is 1.02 bits per heavy atom. The summed E-state index contributed by atoms with van der Waals surface area (Å²) in [7, 11) is 1.67. The first-order valence-corrected chi connectivity index (χ1v) is 16.0. The third kappa shape index (κ3) is 12.8. The maximum atomic E-state index is 13.6. The molecule has 4 heteroatoms. The summed E-state index contributed by atoms with van der Waals surface area (Å²) in [5.41, 5.74) is 6.37. The fraction of sp³-hybridized carbons (Fsp3) is 0.425. The first-order valence-electron chi connectivity index (χ1n) is 16.0. The normalized spacial score (nSPS) is 14.3. The molecule has 2 aromatic rings. The number of aryl methyl sites for hydroxylation is 1. The minimum Gasteiger partial charge on any atom is -0.496 e. The molecule has 0 spiro atoms. The fourth-order valence-corrected chi connectivity index (χ4v) is 5.29. The summed E-state index contributed by atoms with van der Waals surface area (Å²) < 4.78 is 5.43. The highest BCUT2D eigenvalue weighted by Gasteiger charge is 2.22. The van der Waals surface area contributed by atoms with E-state index in [0.29, 0.717) is 30.7 Å². The van der Waals surface area contributed by atoms with Gasteiger partial charge in [-0.3, -0.25) is 4.79 Å². The zero-order valence-electron chi connectivity index (χ0n) is 28.3. The summed E-state index contributed by atoms with van der Waals surface area (Å²) in [6, 6.07) is 16.0. The first kappa shape index (κ1) is 36.4. The molecule has 44 heavy (non-hydrogen) atoms. The van der Waals surface area contributed by atoms with E-state index in [9.17, 15) is 4.79 Å². The molecular weight excluding hydrogens is 540 g/mol. The average molecular weight is 597 g/mol. The average Bonchev–Trinajstić information content (AvgIpc) is 2.99. The molecule has 0 saturated carbocycles. The van der Waals surface area contributed by atoms with Gasteiger partial charge in [0.15, 0.2) is 0 Å². The molecule has 238 valence electrons. The maximum absolute atomic E-state index is 13.6. The molecule has 0 aromatic heterocycles. The Hall–Kier alpha value is -3.79. The van der Waals surface area contributed by atoms with E-state index in [-0.39, 0.29) is 11.8 Å². The van der Waals surface area contributed by atoms with Crippen LogP contribution in [-0.2, 0) is 11.2 Å². The summed E-state index contributed by atoms with van der Waals surface area (Å²) in [5.74, 6) is 2.30. The number of ether oxygens (including phenoxy) is 1. The topological polar surface area (TPSA) is 50.4 Å². The Kier molecular flexibility index (Phi) is 15.5. The van der Waals surface area contributed by atoms with Crippen molar-refractivity contribution < 1.29 is 9.53 Å². The lowest BCUT2D eigenvalue weighted by atomic mass is 9.82. The molecule has 2 aromatic carbocycles. The minimum absolute atomic E-state index is 0.0485. The number of carbonyl (C=O) groups is 1. The summed E-state index contributed by atoms with van der Waals surface area (Å²) in [5, 5.41) is 6.58. The molecule has 0 fully saturated rings. The van der Waals surface area contributed by atoms with Crippen molar-refractivity contribution in [1.82, 2.24) is 10.6 Å². The Bertz CT molecular complexity index is 1290. The molecule has 0 heterocycles.